The number of aromatic nitrogens is 3. The molecule has 0 fully saturated rings. The molecule has 2 rings (SSSR count). The van der Waals surface area contributed by atoms with Gasteiger partial charge in [0, 0.05) is 26.3 Å². The van der Waals surface area contributed by atoms with Crippen LogP contribution in [0.15, 0.2) is 35.5 Å². The molecule has 8 heteroatoms. The van der Waals surface area contributed by atoms with Gasteiger partial charge in [0.05, 0.1) is 5.25 Å². The Bertz CT molecular complexity index is 680. The maximum Gasteiger partial charge on any atom is 0.237 e. The fraction of sp³-hybridized carbons (Fsp3) is 0.375. The summed E-state index contributed by atoms with van der Waals surface area (Å²) in [5, 5.41) is 6.14. The van der Waals surface area contributed by atoms with Gasteiger partial charge in [-0.05, 0) is 26.0 Å². The number of thioether (sulfide) groups is 1. The maximum atomic E-state index is 12.3. The average Bonchev–Trinajstić information content (AvgIpc) is 2.55. The van der Waals surface area contributed by atoms with Crippen molar-refractivity contribution in [2.75, 3.05) is 36.2 Å². The molecule has 0 spiro atoms. The molecule has 1 heterocycles. The van der Waals surface area contributed by atoms with Gasteiger partial charge in [-0.1, -0.05) is 30.0 Å². The summed E-state index contributed by atoms with van der Waals surface area (Å²) in [5.41, 5.74) is 0.771. The maximum absolute atomic E-state index is 12.3. The number of carbonyl (C=O) groups is 1. The lowest BCUT2D eigenvalue weighted by molar-refractivity contribution is -0.115. The topological polar surface area (TPSA) is 83.0 Å². The second-order valence-electron chi connectivity index (χ2n) is 5.28. The van der Waals surface area contributed by atoms with Gasteiger partial charge >= 0.3 is 0 Å². The minimum Gasteiger partial charge on any atom is -0.354 e. The van der Waals surface area contributed by atoms with Gasteiger partial charge in [0.15, 0.2) is 5.16 Å². The van der Waals surface area contributed by atoms with E-state index < -0.39 is 0 Å². The van der Waals surface area contributed by atoms with Crippen LogP contribution in [-0.2, 0) is 4.79 Å². The lowest BCUT2D eigenvalue weighted by Gasteiger charge is -2.15. The van der Waals surface area contributed by atoms with Crippen molar-refractivity contribution in [2.45, 2.75) is 24.3 Å². The molecular formula is C16H22N6OS. The third-order valence-corrected chi connectivity index (χ3v) is 3.99. The number of hydrogen-bond acceptors (Lipinski definition) is 7. The smallest absolute Gasteiger partial charge is 0.237 e. The molecule has 0 unspecified atom stereocenters. The number of rotatable bonds is 7. The first-order valence-electron chi connectivity index (χ1n) is 7.69. The van der Waals surface area contributed by atoms with E-state index in [2.05, 4.69) is 25.6 Å². The summed E-state index contributed by atoms with van der Waals surface area (Å²) in [6.07, 6.45) is 0. The van der Waals surface area contributed by atoms with Crippen molar-refractivity contribution in [1.82, 2.24) is 15.0 Å². The highest BCUT2D eigenvalue weighted by Gasteiger charge is 2.18. The Morgan fingerprint density at radius 3 is 2.54 bits per heavy atom. The molecule has 0 aliphatic rings. The van der Waals surface area contributed by atoms with Crippen molar-refractivity contribution in [3.8, 4) is 0 Å². The number of nitrogens with zero attached hydrogens (tertiary/aromatic N) is 4. The highest BCUT2D eigenvalue weighted by atomic mass is 32.2. The van der Waals surface area contributed by atoms with Crippen molar-refractivity contribution in [2.24, 2.45) is 0 Å². The predicted molar refractivity (Wildman–Crippen MR) is 98.7 cm³/mol. The van der Waals surface area contributed by atoms with Crippen molar-refractivity contribution in [1.29, 1.82) is 0 Å². The van der Waals surface area contributed by atoms with Crippen LogP contribution < -0.4 is 15.5 Å². The number of anilines is 3. The van der Waals surface area contributed by atoms with Gasteiger partial charge in [-0.15, -0.1) is 0 Å². The quantitative estimate of drug-likeness (QED) is 0.745. The van der Waals surface area contributed by atoms with E-state index in [9.17, 15) is 4.79 Å². The van der Waals surface area contributed by atoms with Crippen molar-refractivity contribution >= 4 is 35.3 Å². The van der Waals surface area contributed by atoms with Crippen LogP contribution in [0.3, 0.4) is 0 Å². The molecule has 0 saturated heterocycles. The van der Waals surface area contributed by atoms with Gasteiger partial charge in [-0.25, -0.2) is 0 Å². The lowest BCUT2D eigenvalue weighted by Crippen LogP contribution is -2.23. The second kappa shape index (κ2) is 8.49. The zero-order valence-corrected chi connectivity index (χ0v) is 15.1. The van der Waals surface area contributed by atoms with Crippen LogP contribution in [0.4, 0.5) is 17.6 Å². The van der Waals surface area contributed by atoms with Gasteiger partial charge in [0.25, 0.3) is 0 Å². The highest BCUT2D eigenvalue weighted by molar-refractivity contribution is 8.00. The van der Waals surface area contributed by atoms with E-state index in [4.69, 9.17) is 0 Å². The molecule has 1 atom stereocenters. The summed E-state index contributed by atoms with van der Waals surface area (Å²) in [6.45, 7) is 4.52. The van der Waals surface area contributed by atoms with Crippen LogP contribution in [0.25, 0.3) is 0 Å². The monoisotopic (exact) mass is 346 g/mol. The number of hydrogen-bond donors (Lipinski definition) is 2. The van der Waals surface area contributed by atoms with Crippen LogP contribution in [0.5, 0.6) is 0 Å². The zero-order valence-electron chi connectivity index (χ0n) is 14.3. The molecule has 2 N–H and O–H groups in total. The fourth-order valence-electron chi connectivity index (χ4n) is 1.81. The average molecular weight is 346 g/mol. The molecule has 0 radical (unpaired) electrons. The number of carbonyl (C=O) groups excluding carboxylic acids is 1. The summed E-state index contributed by atoms with van der Waals surface area (Å²) in [4.78, 5) is 27.2. The molecule has 1 amide bonds. The minimum absolute atomic E-state index is 0.0944. The Labute approximate surface area is 146 Å². The Balaban J connectivity index is 2.09. The van der Waals surface area contributed by atoms with Gasteiger partial charge in [0.1, 0.15) is 0 Å². The van der Waals surface area contributed by atoms with E-state index in [-0.39, 0.29) is 11.2 Å². The molecule has 7 nitrogen and oxygen atoms in total. The largest absolute Gasteiger partial charge is 0.354 e. The van der Waals surface area contributed by atoms with Gasteiger partial charge in [-0.3, -0.25) is 4.79 Å². The van der Waals surface area contributed by atoms with Crippen LogP contribution in [0, 0.1) is 0 Å². The molecule has 1 aromatic carbocycles. The SMILES string of the molecule is CCNc1nc(S[C@@H](C)C(=O)Nc2ccccc2)nc(N(C)C)n1. The Kier molecular flexibility index (Phi) is 6.36. The van der Waals surface area contributed by atoms with Crippen LogP contribution in [0.2, 0.25) is 0 Å². The van der Waals surface area contributed by atoms with E-state index in [1.54, 1.807) is 4.90 Å². The number of nitrogens with one attached hydrogen (secondary N) is 2. The van der Waals surface area contributed by atoms with E-state index in [0.717, 1.165) is 5.69 Å². The van der Waals surface area contributed by atoms with Gasteiger partial charge < -0.3 is 15.5 Å². The first-order valence-corrected chi connectivity index (χ1v) is 8.57. The first kappa shape index (κ1) is 18.0. The first-order chi connectivity index (χ1) is 11.5. The van der Waals surface area contributed by atoms with E-state index in [0.29, 0.717) is 23.6 Å². The third-order valence-electron chi connectivity index (χ3n) is 3.03. The molecule has 2 aromatic rings. The highest BCUT2D eigenvalue weighted by Crippen LogP contribution is 2.23. The van der Waals surface area contributed by atoms with Crippen LogP contribution in [-0.4, -0.2) is 46.7 Å². The molecule has 0 aliphatic heterocycles. The van der Waals surface area contributed by atoms with Crippen molar-refractivity contribution in [3.63, 3.8) is 0 Å². The van der Waals surface area contributed by atoms with E-state index >= 15 is 0 Å². The Hall–Kier alpha value is -2.35. The Morgan fingerprint density at radius 2 is 1.92 bits per heavy atom. The molecule has 128 valence electrons. The number of para-hydroxylation sites is 1. The normalized spacial score (nSPS) is 11.7. The second-order valence-corrected chi connectivity index (χ2v) is 6.59. The number of benzene rings is 1. The van der Waals surface area contributed by atoms with E-state index in [1.807, 2.05) is 58.3 Å². The van der Waals surface area contributed by atoms with Crippen LogP contribution >= 0.6 is 11.8 Å². The molecule has 1 aromatic heterocycles. The molecular weight excluding hydrogens is 324 g/mol. The van der Waals surface area contributed by atoms with Crippen molar-refractivity contribution in [3.05, 3.63) is 30.3 Å². The summed E-state index contributed by atoms with van der Waals surface area (Å²) < 4.78 is 0. The summed E-state index contributed by atoms with van der Waals surface area (Å²) in [5.74, 6) is 0.969. The minimum atomic E-state index is -0.336. The van der Waals surface area contributed by atoms with Crippen LogP contribution in [0.1, 0.15) is 13.8 Å². The third kappa shape index (κ3) is 5.09. The predicted octanol–water partition coefficient (Wildman–Crippen LogP) is 2.49. The Morgan fingerprint density at radius 1 is 1.21 bits per heavy atom. The summed E-state index contributed by atoms with van der Waals surface area (Å²) in [6, 6.07) is 9.37. The standard InChI is InChI=1S/C16H22N6OS/c1-5-17-14-19-15(22(3)4)21-16(20-14)24-11(2)13(23)18-12-9-7-6-8-10-12/h6-11H,5H2,1-4H3,(H,18,23)(H,17,19,20,21)/t11-/m0/s1. The molecule has 0 saturated carbocycles. The molecule has 24 heavy (non-hydrogen) atoms. The zero-order chi connectivity index (χ0) is 17.5. The number of amides is 1. The summed E-state index contributed by atoms with van der Waals surface area (Å²) in [7, 11) is 3.73. The fourth-order valence-corrected chi connectivity index (χ4v) is 2.57. The van der Waals surface area contributed by atoms with Crippen molar-refractivity contribution < 1.29 is 4.79 Å². The van der Waals surface area contributed by atoms with Gasteiger partial charge in [0.2, 0.25) is 17.8 Å². The summed E-state index contributed by atoms with van der Waals surface area (Å²) >= 11 is 1.30. The van der Waals surface area contributed by atoms with E-state index in [1.165, 1.54) is 11.8 Å². The lowest BCUT2D eigenvalue weighted by atomic mass is 10.3. The molecule has 0 aliphatic carbocycles. The molecule has 0 bridgehead atoms. The van der Waals surface area contributed by atoms with Gasteiger partial charge in [-0.2, -0.15) is 15.0 Å².